The highest BCUT2D eigenvalue weighted by atomic mass is 32.2. The van der Waals surface area contributed by atoms with E-state index in [0.717, 1.165) is 28.2 Å². The highest BCUT2D eigenvalue weighted by Crippen LogP contribution is 2.30. The van der Waals surface area contributed by atoms with Crippen molar-refractivity contribution in [1.29, 1.82) is 0 Å². The van der Waals surface area contributed by atoms with Crippen LogP contribution in [0.5, 0.6) is 0 Å². The maximum atomic E-state index is 13.0. The second-order valence-electron chi connectivity index (χ2n) is 8.33. The lowest BCUT2D eigenvalue weighted by Gasteiger charge is -2.35. The number of benzene rings is 2. The fourth-order valence-corrected chi connectivity index (χ4v) is 5.69. The second kappa shape index (κ2) is 8.24. The van der Waals surface area contributed by atoms with Crippen LogP contribution >= 0.6 is 0 Å². The summed E-state index contributed by atoms with van der Waals surface area (Å²) in [6, 6.07) is 16.8. The van der Waals surface area contributed by atoms with E-state index in [1.54, 1.807) is 28.6 Å². The Morgan fingerprint density at radius 3 is 2.15 bits per heavy atom. The fourth-order valence-electron chi connectivity index (χ4n) is 4.24. The molecule has 1 fully saturated rings. The van der Waals surface area contributed by atoms with Crippen LogP contribution in [-0.4, -0.2) is 58.7 Å². The zero-order valence-corrected chi connectivity index (χ0v) is 19.7. The number of hydrogen-bond donors (Lipinski definition) is 0. The van der Waals surface area contributed by atoms with E-state index in [-0.39, 0.29) is 0 Å². The first-order valence-electron chi connectivity index (χ1n) is 11.0. The number of nitrogens with zero attached hydrogens (tertiary/aromatic N) is 6. The number of aryl methyl sites for hydroxylation is 3. The number of piperazine rings is 1. The van der Waals surface area contributed by atoms with Gasteiger partial charge in [0.25, 0.3) is 0 Å². The van der Waals surface area contributed by atoms with Gasteiger partial charge in [0.15, 0.2) is 5.65 Å². The molecule has 0 amide bonds. The van der Waals surface area contributed by atoms with Crippen molar-refractivity contribution in [1.82, 2.24) is 24.1 Å². The SMILES string of the molecule is Cc1ccc(-n2nc(C)c3c(N4CCN(S(=O)(=O)c5ccccc5)CC4)nc(C)nc32)cc1. The van der Waals surface area contributed by atoms with Gasteiger partial charge in [-0.15, -0.1) is 0 Å². The number of aromatic nitrogens is 4. The lowest BCUT2D eigenvalue weighted by molar-refractivity contribution is 0.384. The lowest BCUT2D eigenvalue weighted by atomic mass is 10.2. The molecule has 0 aliphatic carbocycles. The van der Waals surface area contributed by atoms with Gasteiger partial charge in [-0.2, -0.15) is 9.40 Å². The van der Waals surface area contributed by atoms with Gasteiger partial charge >= 0.3 is 0 Å². The van der Waals surface area contributed by atoms with Crippen LogP contribution < -0.4 is 4.90 Å². The molecular formula is C24H26N6O2S. The first kappa shape index (κ1) is 21.5. The van der Waals surface area contributed by atoms with Gasteiger partial charge in [-0.25, -0.2) is 23.1 Å². The normalized spacial score (nSPS) is 15.3. The molecule has 0 unspecified atom stereocenters. The van der Waals surface area contributed by atoms with Gasteiger partial charge in [0.05, 0.1) is 21.7 Å². The Morgan fingerprint density at radius 1 is 0.818 bits per heavy atom. The molecule has 1 aliphatic heterocycles. The largest absolute Gasteiger partial charge is 0.353 e. The summed E-state index contributed by atoms with van der Waals surface area (Å²) >= 11 is 0. The topological polar surface area (TPSA) is 84.2 Å². The van der Waals surface area contributed by atoms with E-state index >= 15 is 0 Å². The lowest BCUT2D eigenvalue weighted by Crippen LogP contribution is -2.49. The third-order valence-corrected chi connectivity index (χ3v) is 7.91. The van der Waals surface area contributed by atoms with Crippen molar-refractivity contribution in [2.45, 2.75) is 25.7 Å². The molecule has 0 bridgehead atoms. The minimum Gasteiger partial charge on any atom is -0.353 e. The Morgan fingerprint density at radius 2 is 1.48 bits per heavy atom. The zero-order chi connectivity index (χ0) is 23.2. The summed E-state index contributed by atoms with van der Waals surface area (Å²) in [6.07, 6.45) is 0. The van der Waals surface area contributed by atoms with Gasteiger partial charge in [0.1, 0.15) is 11.6 Å². The summed E-state index contributed by atoms with van der Waals surface area (Å²) in [6.45, 7) is 7.78. The average Bonchev–Trinajstić information content (AvgIpc) is 3.15. The summed E-state index contributed by atoms with van der Waals surface area (Å²) in [5.74, 6) is 1.47. The van der Waals surface area contributed by atoms with Crippen LogP contribution in [0, 0.1) is 20.8 Å². The van der Waals surface area contributed by atoms with Crippen molar-refractivity contribution in [3.05, 3.63) is 71.7 Å². The van der Waals surface area contributed by atoms with Crippen LogP contribution in [-0.2, 0) is 10.0 Å². The number of hydrogen-bond acceptors (Lipinski definition) is 6. The van der Waals surface area contributed by atoms with Crippen molar-refractivity contribution in [2.75, 3.05) is 31.1 Å². The van der Waals surface area contributed by atoms with Gasteiger partial charge in [-0.3, -0.25) is 0 Å². The van der Waals surface area contributed by atoms with Crippen LogP contribution in [0.25, 0.3) is 16.7 Å². The monoisotopic (exact) mass is 462 g/mol. The van der Waals surface area contributed by atoms with Gasteiger partial charge in [0, 0.05) is 26.2 Å². The van der Waals surface area contributed by atoms with Gasteiger partial charge in [-0.1, -0.05) is 35.9 Å². The van der Waals surface area contributed by atoms with Crippen LogP contribution in [0.1, 0.15) is 17.1 Å². The van der Waals surface area contributed by atoms with E-state index < -0.39 is 10.0 Å². The van der Waals surface area contributed by atoms with Crippen molar-refractivity contribution >= 4 is 26.9 Å². The zero-order valence-electron chi connectivity index (χ0n) is 18.9. The summed E-state index contributed by atoms with van der Waals surface area (Å²) in [5, 5.41) is 5.66. The van der Waals surface area contributed by atoms with Gasteiger partial charge in [-0.05, 0) is 45.0 Å². The molecule has 33 heavy (non-hydrogen) atoms. The first-order valence-corrected chi connectivity index (χ1v) is 12.4. The van der Waals surface area contributed by atoms with Crippen LogP contribution in [0.3, 0.4) is 0 Å². The third kappa shape index (κ3) is 3.87. The number of anilines is 1. The highest BCUT2D eigenvalue weighted by Gasteiger charge is 2.30. The standard InChI is InChI=1S/C24H26N6O2S/c1-17-9-11-20(12-10-17)30-24-22(18(2)27-30)23(25-19(3)26-24)28-13-15-29(16-14-28)33(31,32)21-7-5-4-6-8-21/h4-12H,13-16H2,1-3H3. The first-order chi connectivity index (χ1) is 15.8. The predicted octanol–water partition coefficient (Wildman–Crippen LogP) is 3.25. The van der Waals surface area contributed by atoms with E-state index in [1.807, 2.05) is 36.7 Å². The summed E-state index contributed by atoms with van der Waals surface area (Å²) in [4.78, 5) is 11.9. The molecule has 0 radical (unpaired) electrons. The molecule has 2 aromatic carbocycles. The van der Waals surface area contributed by atoms with Gasteiger partial charge < -0.3 is 4.90 Å². The predicted molar refractivity (Wildman–Crippen MR) is 128 cm³/mol. The van der Waals surface area contributed by atoms with Crippen molar-refractivity contribution < 1.29 is 8.42 Å². The molecule has 1 saturated heterocycles. The van der Waals surface area contributed by atoms with Crippen molar-refractivity contribution in [3.63, 3.8) is 0 Å². The summed E-state index contributed by atoms with van der Waals surface area (Å²) < 4.78 is 29.4. The van der Waals surface area contributed by atoms with Crippen molar-refractivity contribution in [3.8, 4) is 5.69 Å². The Bertz CT molecular complexity index is 1410. The number of rotatable bonds is 4. The Labute approximate surface area is 193 Å². The molecule has 9 heteroatoms. The molecule has 8 nitrogen and oxygen atoms in total. The second-order valence-corrected chi connectivity index (χ2v) is 10.3. The Kier molecular flexibility index (Phi) is 5.38. The minimum atomic E-state index is -3.50. The third-order valence-electron chi connectivity index (χ3n) is 5.99. The van der Waals surface area contributed by atoms with Crippen LogP contribution in [0.2, 0.25) is 0 Å². The van der Waals surface area contributed by atoms with E-state index in [4.69, 9.17) is 15.1 Å². The molecule has 5 rings (SSSR count). The van der Waals surface area contributed by atoms with Crippen molar-refractivity contribution in [2.24, 2.45) is 0 Å². The van der Waals surface area contributed by atoms with Gasteiger partial charge in [0.2, 0.25) is 10.0 Å². The number of fused-ring (bicyclic) bond motifs is 1. The minimum absolute atomic E-state index is 0.328. The smallest absolute Gasteiger partial charge is 0.243 e. The summed E-state index contributed by atoms with van der Waals surface area (Å²) in [5.41, 5.74) is 3.74. The average molecular weight is 463 g/mol. The van der Waals surface area contributed by atoms with E-state index in [2.05, 4.69) is 24.0 Å². The van der Waals surface area contributed by atoms with E-state index in [9.17, 15) is 8.42 Å². The summed E-state index contributed by atoms with van der Waals surface area (Å²) in [7, 11) is -3.50. The Balaban J connectivity index is 1.47. The molecule has 0 spiro atoms. The highest BCUT2D eigenvalue weighted by molar-refractivity contribution is 7.89. The van der Waals surface area contributed by atoms with E-state index in [0.29, 0.717) is 36.9 Å². The fraction of sp³-hybridized carbons (Fsp3) is 0.292. The molecule has 4 aromatic rings. The molecule has 2 aromatic heterocycles. The molecule has 0 atom stereocenters. The Hall–Kier alpha value is -3.30. The number of sulfonamides is 1. The quantitative estimate of drug-likeness (QED) is 0.463. The molecule has 170 valence electrons. The van der Waals surface area contributed by atoms with E-state index in [1.165, 1.54) is 5.56 Å². The molecule has 0 N–H and O–H groups in total. The maximum absolute atomic E-state index is 13.0. The van der Waals surface area contributed by atoms with Crippen LogP contribution in [0.4, 0.5) is 5.82 Å². The molecular weight excluding hydrogens is 436 g/mol. The van der Waals surface area contributed by atoms with Crippen LogP contribution in [0.15, 0.2) is 59.5 Å². The molecule has 0 saturated carbocycles. The molecule has 1 aliphatic rings. The maximum Gasteiger partial charge on any atom is 0.243 e. The molecule has 3 heterocycles.